The van der Waals surface area contributed by atoms with Crippen LogP contribution in [0, 0.1) is 6.92 Å². The number of rotatable bonds is 6. The summed E-state index contributed by atoms with van der Waals surface area (Å²) in [5.41, 5.74) is 13.0. The molecule has 0 fully saturated rings. The first kappa shape index (κ1) is 19.5. The third-order valence-electron chi connectivity index (χ3n) is 5.37. The van der Waals surface area contributed by atoms with Crippen molar-refractivity contribution in [3.63, 3.8) is 0 Å². The average Bonchev–Trinajstić information content (AvgIpc) is 3.34. The number of anilines is 1. The van der Waals surface area contributed by atoms with Crippen molar-refractivity contribution in [3.8, 4) is 0 Å². The summed E-state index contributed by atoms with van der Waals surface area (Å²) in [7, 11) is 0. The molecule has 156 valence electrons. The Balaban J connectivity index is 1.39. The van der Waals surface area contributed by atoms with Crippen LogP contribution in [0.15, 0.2) is 55.1 Å². The maximum atomic E-state index is 6.41. The maximum Gasteiger partial charge on any atom is 0.165 e. The van der Waals surface area contributed by atoms with Gasteiger partial charge >= 0.3 is 0 Å². The molecule has 8 heteroatoms. The first-order valence-corrected chi connectivity index (χ1v) is 10.4. The van der Waals surface area contributed by atoms with Crippen molar-refractivity contribution in [2.45, 2.75) is 26.6 Å². The number of nitrogens with two attached hydrogens (primary N) is 1. The van der Waals surface area contributed by atoms with Gasteiger partial charge in [0.2, 0.25) is 0 Å². The molecule has 0 aliphatic carbocycles. The monoisotopic (exact) mass is 431 g/mol. The van der Waals surface area contributed by atoms with Crippen LogP contribution in [-0.4, -0.2) is 24.5 Å². The van der Waals surface area contributed by atoms with E-state index in [1.54, 1.807) is 6.33 Å². The van der Waals surface area contributed by atoms with E-state index in [4.69, 9.17) is 17.3 Å². The molecule has 3 heterocycles. The lowest BCUT2D eigenvalue weighted by Crippen LogP contribution is -2.12. The number of benzene rings is 2. The van der Waals surface area contributed by atoms with E-state index in [2.05, 4.69) is 62.5 Å². The Morgan fingerprint density at radius 2 is 1.90 bits per heavy atom. The summed E-state index contributed by atoms with van der Waals surface area (Å²) < 4.78 is 1.95. The summed E-state index contributed by atoms with van der Waals surface area (Å²) >= 11 is 6.41. The molecule has 0 saturated heterocycles. The lowest BCUT2D eigenvalue weighted by Gasteiger charge is -2.07. The fraction of sp³-hybridized carbons (Fsp3) is 0.174. The van der Waals surface area contributed by atoms with Crippen molar-refractivity contribution in [1.82, 2.24) is 29.8 Å². The van der Waals surface area contributed by atoms with Crippen LogP contribution in [0.2, 0.25) is 5.02 Å². The van der Waals surface area contributed by atoms with Gasteiger partial charge in [-0.3, -0.25) is 0 Å². The van der Waals surface area contributed by atoms with Gasteiger partial charge in [0.15, 0.2) is 11.5 Å². The lowest BCUT2D eigenvalue weighted by atomic mass is 10.1. The standard InChI is InChI=1S/C23H22ClN7/c1-14-2-4-15(5-3-14)9-26-10-19-8-16-6-18(24)7-17(20(16)30-19)11-31-13-29-21-22(25)27-12-28-23(21)31/h2-8,12-13,26,30H,9-11H2,1H3,(H2,25,27,28). The van der Waals surface area contributed by atoms with Gasteiger partial charge in [-0.2, -0.15) is 0 Å². The Morgan fingerprint density at radius 1 is 1.06 bits per heavy atom. The second kappa shape index (κ2) is 8.02. The van der Waals surface area contributed by atoms with Gasteiger partial charge in [-0.15, -0.1) is 0 Å². The molecule has 2 aromatic carbocycles. The van der Waals surface area contributed by atoms with Crippen molar-refractivity contribution >= 4 is 39.5 Å². The number of aromatic nitrogens is 5. The molecule has 5 aromatic rings. The molecular weight excluding hydrogens is 410 g/mol. The van der Waals surface area contributed by atoms with Crippen LogP contribution < -0.4 is 11.1 Å². The van der Waals surface area contributed by atoms with Gasteiger partial charge in [0.25, 0.3) is 0 Å². The van der Waals surface area contributed by atoms with Crippen molar-refractivity contribution < 1.29 is 0 Å². The van der Waals surface area contributed by atoms with E-state index in [1.165, 1.54) is 17.5 Å². The molecular formula is C23H22ClN7. The van der Waals surface area contributed by atoms with E-state index >= 15 is 0 Å². The van der Waals surface area contributed by atoms with Gasteiger partial charge in [0.1, 0.15) is 11.8 Å². The summed E-state index contributed by atoms with van der Waals surface area (Å²) in [4.78, 5) is 16.2. The molecule has 31 heavy (non-hydrogen) atoms. The Hall–Kier alpha value is -3.42. The van der Waals surface area contributed by atoms with Crippen LogP contribution in [0.3, 0.4) is 0 Å². The average molecular weight is 432 g/mol. The fourth-order valence-electron chi connectivity index (χ4n) is 3.80. The second-order valence-electron chi connectivity index (χ2n) is 7.72. The Kier molecular flexibility index (Phi) is 5.05. The zero-order chi connectivity index (χ0) is 21.4. The highest BCUT2D eigenvalue weighted by Crippen LogP contribution is 2.26. The third-order valence-corrected chi connectivity index (χ3v) is 5.58. The van der Waals surface area contributed by atoms with Crippen LogP contribution in [0.5, 0.6) is 0 Å². The first-order chi connectivity index (χ1) is 15.1. The summed E-state index contributed by atoms with van der Waals surface area (Å²) in [5, 5.41) is 5.27. The van der Waals surface area contributed by atoms with Crippen molar-refractivity contribution in [1.29, 1.82) is 0 Å². The quantitative estimate of drug-likeness (QED) is 0.374. The fourth-order valence-corrected chi connectivity index (χ4v) is 4.05. The van der Waals surface area contributed by atoms with Gasteiger partial charge in [0.05, 0.1) is 18.4 Å². The molecule has 0 radical (unpaired) electrons. The van der Waals surface area contributed by atoms with Gasteiger partial charge in [-0.25, -0.2) is 15.0 Å². The highest BCUT2D eigenvalue weighted by Gasteiger charge is 2.12. The summed E-state index contributed by atoms with van der Waals surface area (Å²) in [6.07, 6.45) is 3.19. The van der Waals surface area contributed by atoms with Crippen molar-refractivity contribution in [2.75, 3.05) is 5.73 Å². The van der Waals surface area contributed by atoms with Gasteiger partial charge in [-0.05, 0) is 36.2 Å². The molecule has 4 N–H and O–H groups in total. The molecule has 0 aliphatic rings. The molecule has 0 amide bonds. The number of nitrogens with one attached hydrogen (secondary N) is 2. The van der Waals surface area contributed by atoms with Crippen LogP contribution >= 0.6 is 11.6 Å². The molecule has 0 atom stereocenters. The van der Waals surface area contributed by atoms with E-state index in [0.29, 0.717) is 28.5 Å². The number of hydrogen-bond donors (Lipinski definition) is 3. The minimum Gasteiger partial charge on any atom is -0.382 e. The molecule has 3 aromatic heterocycles. The van der Waals surface area contributed by atoms with E-state index in [9.17, 15) is 0 Å². The highest BCUT2D eigenvalue weighted by molar-refractivity contribution is 6.31. The number of hydrogen-bond acceptors (Lipinski definition) is 5. The second-order valence-corrected chi connectivity index (χ2v) is 8.15. The number of nitrogens with zero attached hydrogens (tertiary/aromatic N) is 4. The number of halogens is 1. The molecule has 0 spiro atoms. The SMILES string of the molecule is Cc1ccc(CNCc2cc3cc(Cl)cc(Cn4cnc5c(N)ncnc54)c3[nH]2)cc1. The lowest BCUT2D eigenvalue weighted by molar-refractivity contribution is 0.683. The normalized spacial score (nSPS) is 11.5. The summed E-state index contributed by atoms with van der Waals surface area (Å²) in [6.45, 7) is 4.21. The number of H-pyrrole nitrogens is 1. The minimum atomic E-state index is 0.377. The number of aryl methyl sites for hydroxylation is 1. The van der Waals surface area contributed by atoms with Crippen molar-refractivity contribution in [2.24, 2.45) is 0 Å². The first-order valence-electron chi connectivity index (χ1n) is 10.0. The summed E-state index contributed by atoms with van der Waals surface area (Å²) in [5.74, 6) is 0.377. The van der Waals surface area contributed by atoms with E-state index < -0.39 is 0 Å². The number of nitrogen functional groups attached to an aromatic ring is 1. The van der Waals surface area contributed by atoms with Crippen LogP contribution in [0.25, 0.3) is 22.1 Å². The topological polar surface area (TPSA) is 97.4 Å². The molecule has 0 saturated carbocycles. The minimum absolute atomic E-state index is 0.377. The van der Waals surface area contributed by atoms with E-state index in [1.807, 2.05) is 16.7 Å². The predicted octanol–water partition coefficient (Wildman–Crippen LogP) is 4.19. The molecule has 7 nitrogen and oxygen atoms in total. The Labute approximate surface area is 184 Å². The van der Waals surface area contributed by atoms with Crippen LogP contribution in [-0.2, 0) is 19.6 Å². The van der Waals surface area contributed by atoms with Gasteiger partial charge < -0.3 is 20.6 Å². The number of fused-ring (bicyclic) bond motifs is 2. The largest absolute Gasteiger partial charge is 0.382 e. The number of aromatic amines is 1. The highest BCUT2D eigenvalue weighted by atomic mass is 35.5. The molecule has 5 rings (SSSR count). The third kappa shape index (κ3) is 3.97. The smallest absolute Gasteiger partial charge is 0.165 e. The predicted molar refractivity (Wildman–Crippen MR) is 124 cm³/mol. The Bertz CT molecular complexity index is 1370. The zero-order valence-corrected chi connectivity index (χ0v) is 17.8. The maximum absolute atomic E-state index is 6.41. The van der Waals surface area contributed by atoms with Crippen LogP contribution in [0.1, 0.15) is 22.4 Å². The number of imidazole rings is 1. The van der Waals surface area contributed by atoms with Gasteiger partial charge in [-0.1, -0.05) is 41.4 Å². The van der Waals surface area contributed by atoms with Crippen LogP contribution in [0.4, 0.5) is 5.82 Å². The van der Waals surface area contributed by atoms with Crippen molar-refractivity contribution in [3.05, 3.63) is 82.5 Å². The zero-order valence-electron chi connectivity index (χ0n) is 17.1. The molecule has 0 bridgehead atoms. The summed E-state index contributed by atoms with van der Waals surface area (Å²) in [6, 6.07) is 14.7. The molecule has 0 unspecified atom stereocenters. The Morgan fingerprint density at radius 3 is 2.74 bits per heavy atom. The molecule has 0 aliphatic heterocycles. The van der Waals surface area contributed by atoms with E-state index in [0.717, 1.165) is 35.2 Å². The van der Waals surface area contributed by atoms with Gasteiger partial charge in [0, 0.05) is 29.2 Å². The van der Waals surface area contributed by atoms with E-state index in [-0.39, 0.29) is 0 Å².